The first kappa shape index (κ1) is 18.4. The van der Waals surface area contributed by atoms with E-state index >= 15 is 0 Å². The van der Waals surface area contributed by atoms with Crippen molar-refractivity contribution in [1.82, 2.24) is 14.7 Å². The fraction of sp³-hybridized carbons (Fsp3) is 0.318. The molecule has 28 heavy (non-hydrogen) atoms. The van der Waals surface area contributed by atoms with E-state index in [0.717, 1.165) is 25.1 Å². The van der Waals surface area contributed by atoms with Crippen LogP contribution in [0.5, 0.6) is 0 Å². The Morgan fingerprint density at radius 2 is 1.64 bits per heavy atom. The van der Waals surface area contributed by atoms with Crippen molar-refractivity contribution in [2.75, 3.05) is 33.2 Å². The smallest absolute Gasteiger partial charge is 0.261 e. The van der Waals surface area contributed by atoms with E-state index in [9.17, 15) is 14.4 Å². The summed E-state index contributed by atoms with van der Waals surface area (Å²) in [7, 11) is 2.05. The molecule has 144 valence electrons. The summed E-state index contributed by atoms with van der Waals surface area (Å²) in [6.45, 7) is 3.40. The van der Waals surface area contributed by atoms with Gasteiger partial charge in [-0.25, -0.2) is 0 Å². The maximum atomic E-state index is 12.9. The molecule has 2 aliphatic rings. The molecular weight excluding hydrogens is 354 g/mol. The molecule has 2 aromatic carbocycles. The van der Waals surface area contributed by atoms with Crippen LogP contribution in [0.3, 0.4) is 0 Å². The molecular formula is C22H23N3O3. The second-order valence-electron chi connectivity index (χ2n) is 7.39. The van der Waals surface area contributed by atoms with Crippen molar-refractivity contribution in [1.29, 1.82) is 0 Å². The van der Waals surface area contributed by atoms with Gasteiger partial charge >= 0.3 is 0 Å². The summed E-state index contributed by atoms with van der Waals surface area (Å²) < 4.78 is 0. The van der Waals surface area contributed by atoms with E-state index in [0.29, 0.717) is 29.8 Å². The highest BCUT2D eigenvalue weighted by molar-refractivity contribution is 6.22. The molecule has 0 bridgehead atoms. The Labute approximate surface area is 164 Å². The fourth-order valence-electron chi connectivity index (χ4n) is 3.77. The van der Waals surface area contributed by atoms with Crippen LogP contribution in [0.15, 0.2) is 48.5 Å². The quantitative estimate of drug-likeness (QED) is 0.770. The molecule has 6 nitrogen and oxygen atoms in total. The topological polar surface area (TPSA) is 60.9 Å². The van der Waals surface area contributed by atoms with Gasteiger partial charge in [-0.05, 0) is 43.8 Å². The number of imide groups is 1. The first-order valence-electron chi connectivity index (χ1n) is 9.56. The largest absolute Gasteiger partial charge is 0.337 e. The lowest BCUT2D eigenvalue weighted by Crippen LogP contribution is -2.34. The van der Waals surface area contributed by atoms with Crippen LogP contribution in [0, 0.1) is 0 Å². The van der Waals surface area contributed by atoms with Crippen LogP contribution in [0.4, 0.5) is 0 Å². The van der Waals surface area contributed by atoms with Crippen molar-refractivity contribution in [2.45, 2.75) is 13.0 Å². The summed E-state index contributed by atoms with van der Waals surface area (Å²) in [5.41, 5.74) is 2.04. The monoisotopic (exact) mass is 377 g/mol. The Kier molecular flexibility index (Phi) is 4.96. The van der Waals surface area contributed by atoms with Gasteiger partial charge in [0.15, 0.2) is 0 Å². The summed E-state index contributed by atoms with van der Waals surface area (Å²) in [6, 6.07) is 14.3. The average Bonchev–Trinajstić information content (AvgIpc) is 2.86. The number of likely N-dealkylation sites (N-methyl/N-ethyl adjacent to an activating group) is 1. The van der Waals surface area contributed by atoms with Crippen LogP contribution in [0.25, 0.3) is 0 Å². The minimum atomic E-state index is -0.339. The Hall–Kier alpha value is -2.99. The van der Waals surface area contributed by atoms with Gasteiger partial charge in [0, 0.05) is 25.2 Å². The fourth-order valence-corrected chi connectivity index (χ4v) is 3.77. The van der Waals surface area contributed by atoms with E-state index in [1.54, 1.807) is 18.2 Å². The van der Waals surface area contributed by atoms with Gasteiger partial charge in [-0.15, -0.1) is 0 Å². The second kappa shape index (κ2) is 7.56. The third-order valence-corrected chi connectivity index (χ3v) is 5.41. The van der Waals surface area contributed by atoms with E-state index in [4.69, 9.17) is 0 Å². The number of carbonyl (C=O) groups is 3. The van der Waals surface area contributed by atoms with Gasteiger partial charge in [-0.2, -0.15) is 0 Å². The maximum Gasteiger partial charge on any atom is 0.261 e. The third-order valence-electron chi connectivity index (χ3n) is 5.41. The number of rotatable bonds is 3. The predicted octanol–water partition coefficient (Wildman–Crippen LogP) is 2.26. The summed E-state index contributed by atoms with van der Waals surface area (Å²) >= 11 is 0. The SMILES string of the molecule is CN1CCCN(C(=O)c2ccc3c(c2)C(=O)N(Cc2ccccc2)C3=O)CC1. The molecule has 1 fully saturated rings. The van der Waals surface area contributed by atoms with E-state index in [1.165, 1.54) is 4.90 Å². The van der Waals surface area contributed by atoms with Gasteiger partial charge in [-0.3, -0.25) is 19.3 Å². The molecule has 4 rings (SSSR count). The molecule has 0 atom stereocenters. The molecule has 2 aromatic rings. The molecule has 3 amide bonds. The van der Waals surface area contributed by atoms with Crippen molar-refractivity contribution in [3.05, 3.63) is 70.8 Å². The Balaban J connectivity index is 1.56. The number of fused-ring (bicyclic) bond motifs is 1. The Morgan fingerprint density at radius 3 is 2.43 bits per heavy atom. The number of hydrogen-bond donors (Lipinski definition) is 0. The first-order chi connectivity index (χ1) is 13.5. The molecule has 0 aromatic heterocycles. The number of amides is 3. The van der Waals surface area contributed by atoms with Gasteiger partial charge < -0.3 is 9.80 Å². The van der Waals surface area contributed by atoms with Gasteiger partial charge in [0.2, 0.25) is 0 Å². The number of nitrogens with zero attached hydrogens (tertiary/aromatic N) is 3. The summed E-state index contributed by atoms with van der Waals surface area (Å²) in [5, 5.41) is 0. The van der Waals surface area contributed by atoms with Crippen molar-refractivity contribution >= 4 is 17.7 Å². The molecule has 2 aliphatic heterocycles. The van der Waals surface area contributed by atoms with E-state index < -0.39 is 0 Å². The zero-order valence-electron chi connectivity index (χ0n) is 15.9. The minimum absolute atomic E-state index is 0.0835. The molecule has 0 aliphatic carbocycles. The highest BCUT2D eigenvalue weighted by atomic mass is 16.2. The molecule has 0 unspecified atom stereocenters. The standard InChI is InChI=1S/C22H23N3O3/c1-23-10-5-11-24(13-12-23)20(26)17-8-9-18-19(14-17)22(28)25(21(18)27)15-16-6-3-2-4-7-16/h2-4,6-9,14H,5,10-13,15H2,1H3. The molecule has 0 saturated carbocycles. The van der Waals surface area contributed by atoms with Crippen molar-refractivity contribution in [3.8, 4) is 0 Å². The zero-order chi connectivity index (χ0) is 19.7. The van der Waals surface area contributed by atoms with Gasteiger partial charge in [-0.1, -0.05) is 30.3 Å². The lowest BCUT2D eigenvalue weighted by atomic mass is 10.0. The molecule has 0 spiro atoms. The lowest BCUT2D eigenvalue weighted by molar-refractivity contribution is 0.0642. The highest BCUT2D eigenvalue weighted by Crippen LogP contribution is 2.26. The number of carbonyl (C=O) groups excluding carboxylic acids is 3. The zero-order valence-corrected chi connectivity index (χ0v) is 15.9. The van der Waals surface area contributed by atoms with Crippen LogP contribution >= 0.6 is 0 Å². The lowest BCUT2D eigenvalue weighted by Gasteiger charge is -2.20. The maximum absolute atomic E-state index is 12.9. The normalized spacial score (nSPS) is 17.6. The molecule has 0 N–H and O–H groups in total. The van der Waals surface area contributed by atoms with Gasteiger partial charge in [0.1, 0.15) is 0 Å². The predicted molar refractivity (Wildman–Crippen MR) is 105 cm³/mol. The van der Waals surface area contributed by atoms with Crippen LogP contribution in [0.1, 0.15) is 43.1 Å². The van der Waals surface area contributed by atoms with Crippen molar-refractivity contribution in [3.63, 3.8) is 0 Å². The van der Waals surface area contributed by atoms with Crippen LogP contribution in [0.2, 0.25) is 0 Å². The van der Waals surface area contributed by atoms with Crippen LogP contribution in [-0.2, 0) is 6.54 Å². The summed E-state index contributed by atoms with van der Waals surface area (Å²) in [6.07, 6.45) is 0.926. The molecule has 6 heteroatoms. The minimum Gasteiger partial charge on any atom is -0.337 e. The van der Waals surface area contributed by atoms with Crippen LogP contribution in [-0.4, -0.2) is 65.6 Å². The molecule has 0 radical (unpaired) electrons. The number of hydrogen-bond acceptors (Lipinski definition) is 4. The average molecular weight is 377 g/mol. The van der Waals surface area contributed by atoms with E-state index in [2.05, 4.69) is 11.9 Å². The van der Waals surface area contributed by atoms with Crippen molar-refractivity contribution in [2.24, 2.45) is 0 Å². The second-order valence-corrected chi connectivity index (χ2v) is 7.39. The summed E-state index contributed by atoms with van der Waals surface area (Å²) in [5.74, 6) is -0.729. The van der Waals surface area contributed by atoms with Crippen LogP contribution < -0.4 is 0 Å². The third kappa shape index (κ3) is 3.43. The van der Waals surface area contributed by atoms with E-state index in [1.807, 2.05) is 35.2 Å². The Morgan fingerprint density at radius 1 is 0.893 bits per heavy atom. The molecule has 2 heterocycles. The van der Waals surface area contributed by atoms with Gasteiger partial charge in [0.25, 0.3) is 17.7 Å². The first-order valence-corrected chi connectivity index (χ1v) is 9.56. The van der Waals surface area contributed by atoms with Gasteiger partial charge in [0.05, 0.1) is 17.7 Å². The summed E-state index contributed by atoms with van der Waals surface area (Å²) in [4.78, 5) is 43.7. The van der Waals surface area contributed by atoms with E-state index in [-0.39, 0.29) is 24.3 Å². The highest BCUT2D eigenvalue weighted by Gasteiger charge is 2.36. The number of benzene rings is 2. The molecule has 1 saturated heterocycles. The Bertz CT molecular complexity index is 926. The van der Waals surface area contributed by atoms with Crippen molar-refractivity contribution < 1.29 is 14.4 Å².